The molecule has 1 atom stereocenters. The monoisotopic (exact) mass is 207 g/mol. The Labute approximate surface area is 92.3 Å². The number of nitriles is 1. The minimum absolute atomic E-state index is 0.0958. The summed E-state index contributed by atoms with van der Waals surface area (Å²) in [7, 11) is 0. The van der Waals surface area contributed by atoms with Crippen LogP contribution in [0.15, 0.2) is 0 Å². The van der Waals surface area contributed by atoms with Crippen LogP contribution in [0.1, 0.15) is 58.8 Å². The van der Waals surface area contributed by atoms with Gasteiger partial charge >= 0.3 is 0 Å². The molecule has 2 rings (SSSR count). The smallest absolute Gasteiger partial charge is 0.0883 e. The van der Waals surface area contributed by atoms with Gasteiger partial charge in [0.25, 0.3) is 0 Å². The van der Waals surface area contributed by atoms with Crippen molar-refractivity contribution in [3.63, 3.8) is 0 Å². The fourth-order valence-electron chi connectivity index (χ4n) is 3.53. The maximum atomic E-state index is 10.9. The summed E-state index contributed by atoms with van der Waals surface area (Å²) in [5.41, 5.74) is -1.27. The fourth-order valence-corrected chi connectivity index (χ4v) is 3.53. The SMILES string of the molecule is CC1(C)CCCCC1(O)C1(C#N)CCC1. The first-order valence-electron chi connectivity index (χ1n) is 6.11. The quantitative estimate of drug-likeness (QED) is 0.718. The van der Waals surface area contributed by atoms with Gasteiger partial charge in [-0.1, -0.05) is 33.1 Å². The molecule has 2 heteroatoms. The molecule has 0 aromatic carbocycles. The van der Waals surface area contributed by atoms with E-state index in [-0.39, 0.29) is 5.41 Å². The highest BCUT2D eigenvalue weighted by Crippen LogP contribution is 2.60. The van der Waals surface area contributed by atoms with Gasteiger partial charge in [-0.05, 0) is 31.1 Å². The predicted molar refractivity (Wildman–Crippen MR) is 59.1 cm³/mol. The van der Waals surface area contributed by atoms with Gasteiger partial charge in [0.2, 0.25) is 0 Å². The second-order valence-electron chi connectivity index (χ2n) is 6.00. The lowest BCUT2D eigenvalue weighted by Crippen LogP contribution is -2.61. The van der Waals surface area contributed by atoms with E-state index in [0.29, 0.717) is 0 Å². The molecule has 1 N–H and O–H groups in total. The first kappa shape index (κ1) is 11.0. The first-order chi connectivity index (χ1) is 6.97. The lowest BCUT2D eigenvalue weighted by atomic mass is 9.48. The van der Waals surface area contributed by atoms with E-state index in [1.807, 2.05) is 0 Å². The Morgan fingerprint density at radius 1 is 1.00 bits per heavy atom. The number of rotatable bonds is 1. The molecule has 1 unspecified atom stereocenters. The highest BCUT2D eigenvalue weighted by molar-refractivity contribution is 5.20. The van der Waals surface area contributed by atoms with Crippen molar-refractivity contribution in [2.24, 2.45) is 10.8 Å². The van der Waals surface area contributed by atoms with Crippen LogP contribution in [0.3, 0.4) is 0 Å². The third-order valence-corrected chi connectivity index (χ3v) is 4.92. The van der Waals surface area contributed by atoms with E-state index in [4.69, 9.17) is 0 Å². The van der Waals surface area contributed by atoms with Crippen LogP contribution in [-0.4, -0.2) is 10.7 Å². The van der Waals surface area contributed by atoms with E-state index >= 15 is 0 Å². The van der Waals surface area contributed by atoms with Crippen molar-refractivity contribution in [3.8, 4) is 6.07 Å². The zero-order valence-corrected chi connectivity index (χ0v) is 9.84. The molecule has 84 valence electrons. The minimum Gasteiger partial charge on any atom is -0.388 e. The summed E-state index contributed by atoms with van der Waals surface area (Å²) in [5.74, 6) is 0. The van der Waals surface area contributed by atoms with Gasteiger partial charge < -0.3 is 5.11 Å². The molecule has 0 aromatic rings. The van der Waals surface area contributed by atoms with Crippen molar-refractivity contribution in [2.75, 3.05) is 0 Å². The van der Waals surface area contributed by atoms with E-state index in [1.165, 1.54) is 6.42 Å². The van der Waals surface area contributed by atoms with Crippen LogP contribution in [0.25, 0.3) is 0 Å². The van der Waals surface area contributed by atoms with Crippen LogP contribution < -0.4 is 0 Å². The summed E-state index contributed by atoms with van der Waals surface area (Å²) >= 11 is 0. The van der Waals surface area contributed by atoms with Crippen LogP contribution in [0.2, 0.25) is 0 Å². The molecule has 0 aromatic heterocycles. The summed E-state index contributed by atoms with van der Waals surface area (Å²) in [4.78, 5) is 0. The van der Waals surface area contributed by atoms with E-state index in [0.717, 1.165) is 38.5 Å². The average molecular weight is 207 g/mol. The van der Waals surface area contributed by atoms with E-state index in [2.05, 4.69) is 19.9 Å². The van der Waals surface area contributed by atoms with Gasteiger partial charge in [0.1, 0.15) is 0 Å². The number of hydrogen-bond acceptors (Lipinski definition) is 2. The van der Waals surface area contributed by atoms with Crippen molar-refractivity contribution in [1.29, 1.82) is 5.26 Å². The maximum Gasteiger partial charge on any atom is 0.0883 e. The zero-order chi connectivity index (χ0) is 11.2. The van der Waals surface area contributed by atoms with Gasteiger partial charge in [-0.2, -0.15) is 5.26 Å². The third kappa shape index (κ3) is 1.26. The van der Waals surface area contributed by atoms with Gasteiger partial charge in [0.05, 0.1) is 17.1 Å². The van der Waals surface area contributed by atoms with Gasteiger partial charge in [0.15, 0.2) is 0 Å². The molecule has 0 saturated heterocycles. The molecule has 2 fully saturated rings. The van der Waals surface area contributed by atoms with Crippen molar-refractivity contribution >= 4 is 0 Å². The van der Waals surface area contributed by atoms with Crippen molar-refractivity contribution in [2.45, 2.75) is 64.4 Å². The summed E-state index contributed by atoms with van der Waals surface area (Å²) < 4.78 is 0. The molecule has 2 saturated carbocycles. The van der Waals surface area contributed by atoms with E-state index in [1.54, 1.807) is 0 Å². The molecule has 0 aliphatic heterocycles. The molecule has 2 aliphatic carbocycles. The molecule has 2 nitrogen and oxygen atoms in total. The molecule has 15 heavy (non-hydrogen) atoms. The highest BCUT2D eigenvalue weighted by atomic mass is 16.3. The minimum atomic E-state index is -0.745. The van der Waals surface area contributed by atoms with Gasteiger partial charge in [0, 0.05) is 0 Å². The standard InChI is InChI=1S/C13H21NO/c1-11(2)6-3-4-9-13(11,15)12(10-14)7-5-8-12/h15H,3-9H2,1-2H3. The molecule has 0 radical (unpaired) electrons. The van der Waals surface area contributed by atoms with E-state index < -0.39 is 11.0 Å². The third-order valence-electron chi connectivity index (χ3n) is 4.92. The van der Waals surface area contributed by atoms with Crippen LogP contribution >= 0.6 is 0 Å². The average Bonchev–Trinajstić information content (AvgIpc) is 2.09. The molecule has 0 amide bonds. The van der Waals surface area contributed by atoms with Crippen molar-refractivity contribution < 1.29 is 5.11 Å². The van der Waals surface area contributed by atoms with Crippen LogP contribution in [0, 0.1) is 22.2 Å². The molecule has 2 aliphatic rings. The normalized spacial score (nSPS) is 37.7. The van der Waals surface area contributed by atoms with Gasteiger partial charge in [-0.3, -0.25) is 0 Å². The first-order valence-corrected chi connectivity index (χ1v) is 6.11. The molecule has 0 heterocycles. The Hall–Kier alpha value is -0.550. The predicted octanol–water partition coefficient (Wildman–Crippen LogP) is 3.01. The maximum absolute atomic E-state index is 10.9. The largest absolute Gasteiger partial charge is 0.388 e. The molecule has 0 spiro atoms. The number of aliphatic hydroxyl groups is 1. The Morgan fingerprint density at radius 2 is 1.60 bits per heavy atom. The summed E-state index contributed by atoms with van der Waals surface area (Å²) in [6, 6.07) is 2.43. The Balaban J connectivity index is 2.35. The molecular formula is C13H21NO. The van der Waals surface area contributed by atoms with Crippen molar-refractivity contribution in [1.82, 2.24) is 0 Å². The zero-order valence-electron chi connectivity index (χ0n) is 9.84. The summed E-state index contributed by atoms with van der Waals surface area (Å²) in [5, 5.41) is 20.3. The Bertz CT molecular complexity index is 298. The van der Waals surface area contributed by atoms with Crippen LogP contribution in [0.4, 0.5) is 0 Å². The Kier molecular flexibility index (Phi) is 2.35. The molecule has 0 bridgehead atoms. The number of nitrogens with zero attached hydrogens (tertiary/aromatic N) is 1. The molecular weight excluding hydrogens is 186 g/mol. The lowest BCUT2D eigenvalue weighted by Gasteiger charge is -2.58. The van der Waals surface area contributed by atoms with Gasteiger partial charge in [-0.25, -0.2) is 0 Å². The van der Waals surface area contributed by atoms with Gasteiger partial charge in [-0.15, -0.1) is 0 Å². The second-order valence-corrected chi connectivity index (χ2v) is 6.00. The van der Waals surface area contributed by atoms with Crippen molar-refractivity contribution in [3.05, 3.63) is 0 Å². The summed E-state index contributed by atoms with van der Waals surface area (Å²) in [6.45, 7) is 4.26. The number of hydrogen-bond donors (Lipinski definition) is 1. The topological polar surface area (TPSA) is 44.0 Å². The van der Waals surface area contributed by atoms with Crippen LogP contribution in [-0.2, 0) is 0 Å². The van der Waals surface area contributed by atoms with E-state index in [9.17, 15) is 10.4 Å². The highest BCUT2D eigenvalue weighted by Gasteiger charge is 2.61. The summed E-state index contributed by atoms with van der Waals surface area (Å²) in [6.07, 6.45) is 7.01. The Morgan fingerprint density at radius 3 is 2.00 bits per heavy atom. The second kappa shape index (κ2) is 3.22. The fraction of sp³-hybridized carbons (Fsp3) is 0.923. The lowest BCUT2D eigenvalue weighted by molar-refractivity contribution is -0.188. The van der Waals surface area contributed by atoms with Crippen LogP contribution in [0.5, 0.6) is 0 Å².